The van der Waals surface area contributed by atoms with Crippen LogP contribution in [0.25, 0.3) is 49.6 Å². The number of pyridine rings is 2. The molecule has 0 N–H and O–H groups in total. The van der Waals surface area contributed by atoms with Crippen molar-refractivity contribution in [1.82, 2.24) is 14.4 Å². The van der Waals surface area contributed by atoms with Crippen molar-refractivity contribution in [1.29, 1.82) is 0 Å². The van der Waals surface area contributed by atoms with E-state index in [1.165, 1.54) is 60.7 Å². The maximum absolute atomic E-state index is 4.71. The second kappa shape index (κ2) is 5.38. The number of imidazole rings is 1. The minimum absolute atomic E-state index is 0.992. The van der Waals surface area contributed by atoms with E-state index in [0.29, 0.717) is 0 Å². The van der Waals surface area contributed by atoms with E-state index in [9.17, 15) is 0 Å². The molecule has 0 amide bonds. The zero-order valence-corrected chi connectivity index (χ0v) is 16.8. The topological polar surface area (TPSA) is 30.2 Å². The largest absolute Gasteiger partial charge is 0.299 e. The molecule has 8 rings (SSSR count). The van der Waals surface area contributed by atoms with Gasteiger partial charge in [0.15, 0.2) is 0 Å². The first-order chi connectivity index (χ1) is 15.4. The average Bonchev–Trinajstić information content (AvgIpc) is 3.52. The van der Waals surface area contributed by atoms with Gasteiger partial charge in [-0.3, -0.25) is 9.38 Å². The molecule has 3 heteroatoms. The van der Waals surface area contributed by atoms with Crippen molar-refractivity contribution in [2.45, 2.75) is 12.8 Å². The molecule has 0 saturated heterocycles. The Morgan fingerprint density at radius 3 is 2.61 bits per heavy atom. The Morgan fingerprint density at radius 2 is 1.61 bits per heavy atom. The lowest BCUT2D eigenvalue weighted by molar-refractivity contribution is 1.21. The Kier molecular flexibility index (Phi) is 2.74. The van der Waals surface area contributed by atoms with Crippen molar-refractivity contribution in [2.75, 3.05) is 0 Å². The van der Waals surface area contributed by atoms with Crippen LogP contribution in [0.4, 0.5) is 0 Å². The second-order valence-electron chi connectivity index (χ2n) is 8.71. The Labute approximate surface area is 178 Å². The quantitative estimate of drug-likeness (QED) is 0.287. The van der Waals surface area contributed by atoms with Gasteiger partial charge in [-0.05, 0) is 69.5 Å². The van der Waals surface area contributed by atoms with Gasteiger partial charge in [-0.15, -0.1) is 0 Å². The predicted octanol–water partition coefficient (Wildman–Crippen LogP) is 6.18. The lowest BCUT2D eigenvalue weighted by Gasteiger charge is -2.13. The van der Waals surface area contributed by atoms with E-state index in [4.69, 9.17) is 4.98 Å². The van der Waals surface area contributed by atoms with Crippen molar-refractivity contribution in [2.24, 2.45) is 0 Å². The third-order valence-electron chi connectivity index (χ3n) is 7.17. The van der Waals surface area contributed by atoms with Gasteiger partial charge in [-0.2, -0.15) is 0 Å². The third kappa shape index (κ3) is 1.89. The maximum Gasteiger partial charge on any atom is 0.145 e. The van der Waals surface area contributed by atoms with Crippen LogP contribution < -0.4 is 0 Å². The summed E-state index contributed by atoms with van der Waals surface area (Å²) in [7, 11) is 0. The predicted molar refractivity (Wildman–Crippen MR) is 124 cm³/mol. The van der Waals surface area contributed by atoms with Crippen molar-refractivity contribution in [3.05, 3.63) is 102 Å². The van der Waals surface area contributed by atoms with Gasteiger partial charge < -0.3 is 0 Å². The summed E-state index contributed by atoms with van der Waals surface area (Å²) >= 11 is 0. The SMILES string of the molecule is c1ccc2c(c1)Cc1cc3c(cc1-2)-c1c(ccc2c1c1cnccc1n1ccnc21)C3. The summed E-state index contributed by atoms with van der Waals surface area (Å²) in [6, 6.07) is 20.4. The zero-order chi connectivity index (χ0) is 20.1. The summed E-state index contributed by atoms with van der Waals surface area (Å²) in [5.74, 6) is 0. The van der Waals surface area contributed by atoms with Crippen molar-refractivity contribution in [3.63, 3.8) is 0 Å². The summed E-state index contributed by atoms with van der Waals surface area (Å²) in [5, 5.41) is 3.66. The number of hydrogen-bond donors (Lipinski definition) is 0. The van der Waals surface area contributed by atoms with Crippen LogP contribution in [0.15, 0.2) is 79.4 Å². The lowest BCUT2D eigenvalue weighted by Crippen LogP contribution is -1.93. The lowest BCUT2D eigenvalue weighted by atomic mass is 9.93. The summed E-state index contributed by atoms with van der Waals surface area (Å²) in [6.45, 7) is 0. The molecule has 0 aliphatic heterocycles. The average molecular weight is 395 g/mol. The van der Waals surface area contributed by atoms with Crippen LogP contribution in [-0.4, -0.2) is 14.4 Å². The Bertz CT molecular complexity index is 1740. The normalized spacial score (nSPS) is 13.5. The molecule has 0 radical (unpaired) electrons. The molecule has 6 aromatic rings. The number of aromatic nitrogens is 3. The minimum atomic E-state index is 0.992. The molecular formula is C28H17N3. The molecule has 0 spiro atoms. The number of benzene rings is 3. The van der Waals surface area contributed by atoms with Crippen molar-refractivity contribution in [3.8, 4) is 22.3 Å². The zero-order valence-electron chi connectivity index (χ0n) is 16.8. The summed E-state index contributed by atoms with van der Waals surface area (Å²) in [5.41, 5.74) is 13.4. The molecule has 2 aliphatic rings. The monoisotopic (exact) mass is 395 g/mol. The molecule has 31 heavy (non-hydrogen) atoms. The van der Waals surface area contributed by atoms with Crippen LogP contribution in [-0.2, 0) is 12.8 Å². The van der Waals surface area contributed by atoms with Gasteiger partial charge in [-0.25, -0.2) is 4.98 Å². The fourth-order valence-electron chi connectivity index (χ4n) is 5.87. The smallest absolute Gasteiger partial charge is 0.145 e. The number of nitrogens with zero attached hydrogens (tertiary/aromatic N) is 3. The molecule has 3 heterocycles. The van der Waals surface area contributed by atoms with E-state index in [2.05, 4.69) is 64.0 Å². The summed E-state index contributed by atoms with van der Waals surface area (Å²) < 4.78 is 2.18. The number of fused-ring (bicyclic) bond motifs is 13. The van der Waals surface area contributed by atoms with Gasteiger partial charge in [0.25, 0.3) is 0 Å². The highest BCUT2D eigenvalue weighted by atomic mass is 15.0. The van der Waals surface area contributed by atoms with E-state index in [1.54, 1.807) is 0 Å². The van der Waals surface area contributed by atoms with E-state index in [0.717, 1.165) is 24.0 Å². The van der Waals surface area contributed by atoms with Gasteiger partial charge in [-0.1, -0.05) is 42.5 Å². The molecule has 2 aliphatic carbocycles. The molecule has 3 nitrogen and oxygen atoms in total. The Balaban J connectivity index is 1.54. The van der Waals surface area contributed by atoms with Crippen LogP contribution in [0.5, 0.6) is 0 Å². The minimum Gasteiger partial charge on any atom is -0.299 e. The van der Waals surface area contributed by atoms with Crippen LogP contribution >= 0.6 is 0 Å². The standard InChI is InChI=1S/C28H17N3/c1-2-4-20-16(3-1)11-18-13-19-12-17-5-6-21-27(26(17)23(19)14-22(18)20)24-15-29-8-7-25(24)31-10-9-30-28(21)31/h1-10,13-15H,11-12H2. The van der Waals surface area contributed by atoms with E-state index in [1.807, 2.05) is 24.8 Å². The molecule has 0 unspecified atom stereocenters. The maximum atomic E-state index is 4.71. The van der Waals surface area contributed by atoms with Crippen LogP contribution in [0.1, 0.15) is 22.3 Å². The number of hydrogen-bond acceptors (Lipinski definition) is 2. The molecule has 0 saturated carbocycles. The summed E-state index contributed by atoms with van der Waals surface area (Å²) in [6.07, 6.45) is 9.84. The van der Waals surface area contributed by atoms with Crippen molar-refractivity contribution >= 4 is 27.3 Å². The summed E-state index contributed by atoms with van der Waals surface area (Å²) in [4.78, 5) is 9.20. The van der Waals surface area contributed by atoms with Gasteiger partial charge in [0.1, 0.15) is 5.65 Å². The first-order valence-electron chi connectivity index (χ1n) is 10.8. The third-order valence-corrected chi connectivity index (χ3v) is 7.17. The fraction of sp³-hybridized carbons (Fsp3) is 0.0714. The van der Waals surface area contributed by atoms with Gasteiger partial charge in [0, 0.05) is 40.9 Å². The van der Waals surface area contributed by atoms with Gasteiger partial charge in [0.05, 0.1) is 5.52 Å². The Hall–Kier alpha value is -3.98. The van der Waals surface area contributed by atoms with Crippen molar-refractivity contribution < 1.29 is 0 Å². The molecule has 0 fully saturated rings. The highest BCUT2D eigenvalue weighted by Crippen LogP contribution is 2.48. The van der Waals surface area contributed by atoms with Gasteiger partial charge in [0.2, 0.25) is 0 Å². The fourth-order valence-corrected chi connectivity index (χ4v) is 5.87. The highest BCUT2D eigenvalue weighted by molar-refractivity contribution is 6.19. The van der Waals surface area contributed by atoms with Gasteiger partial charge >= 0.3 is 0 Å². The second-order valence-corrected chi connectivity index (χ2v) is 8.71. The number of rotatable bonds is 0. The van der Waals surface area contributed by atoms with Crippen LogP contribution in [0.2, 0.25) is 0 Å². The molecular weight excluding hydrogens is 378 g/mol. The van der Waals surface area contributed by atoms with E-state index in [-0.39, 0.29) is 0 Å². The Morgan fingerprint density at radius 1 is 0.710 bits per heavy atom. The molecule has 3 aromatic heterocycles. The molecule has 144 valence electrons. The highest BCUT2D eigenvalue weighted by Gasteiger charge is 2.27. The first-order valence-corrected chi connectivity index (χ1v) is 10.8. The van der Waals surface area contributed by atoms with Crippen LogP contribution in [0.3, 0.4) is 0 Å². The van der Waals surface area contributed by atoms with E-state index >= 15 is 0 Å². The first kappa shape index (κ1) is 15.8. The molecule has 3 aromatic carbocycles. The van der Waals surface area contributed by atoms with E-state index < -0.39 is 0 Å². The molecule has 0 bridgehead atoms. The molecule has 0 atom stereocenters. The van der Waals surface area contributed by atoms with Crippen LogP contribution in [0, 0.1) is 0 Å².